The van der Waals surface area contributed by atoms with Crippen LogP contribution in [0.4, 0.5) is 0 Å². The number of nitrogens with one attached hydrogen (secondary N) is 2. The van der Waals surface area contributed by atoms with E-state index in [9.17, 15) is 14.4 Å². The van der Waals surface area contributed by atoms with Crippen LogP contribution in [0.3, 0.4) is 0 Å². The Labute approximate surface area is 127 Å². The maximum atomic E-state index is 12.3. The van der Waals surface area contributed by atoms with Crippen LogP contribution in [0.15, 0.2) is 0 Å². The number of rotatable bonds is 8. The Morgan fingerprint density at radius 1 is 0.857 bits per heavy atom. The van der Waals surface area contributed by atoms with Crippen molar-refractivity contribution in [2.45, 2.75) is 59.7 Å². The van der Waals surface area contributed by atoms with Gasteiger partial charge in [0, 0.05) is 0 Å². The molecule has 0 aliphatic carbocycles. The van der Waals surface area contributed by atoms with Crippen molar-refractivity contribution in [2.75, 3.05) is 0 Å². The zero-order chi connectivity index (χ0) is 16.7. The molecule has 0 radical (unpaired) electrons. The number of carbonyl (C=O) groups excluding carboxylic acids is 3. The molecular formula is C15H29N3O3. The maximum absolute atomic E-state index is 12.3. The van der Waals surface area contributed by atoms with Crippen LogP contribution in [0.25, 0.3) is 0 Å². The normalized spacial score (nSPS) is 15.7. The van der Waals surface area contributed by atoms with Gasteiger partial charge in [0.1, 0.15) is 12.3 Å². The first-order chi connectivity index (χ1) is 9.61. The summed E-state index contributed by atoms with van der Waals surface area (Å²) in [5.41, 5.74) is 5.78. The minimum atomic E-state index is -0.705. The molecular weight excluding hydrogens is 270 g/mol. The molecule has 122 valence electrons. The van der Waals surface area contributed by atoms with Crippen molar-refractivity contribution in [1.29, 1.82) is 0 Å². The predicted molar refractivity (Wildman–Crippen MR) is 82.4 cm³/mol. The number of aldehydes is 1. The van der Waals surface area contributed by atoms with Crippen molar-refractivity contribution in [3.8, 4) is 0 Å². The average Bonchev–Trinajstić information content (AvgIpc) is 2.39. The Balaban J connectivity index is 4.87. The topological polar surface area (TPSA) is 101 Å². The van der Waals surface area contributed by atoms with Gasteiger partial charge in [-0.2, -0.15) is 0 Å². The Hall–Kier alpha value is -1.43. The van der Waals surface area contributed by atoms with Crippen LogP contribution in [-0.2, 0) is 14.4 Å². The lowest BCUT2D eigenvalue weighted by Gasteiger charge is -2.26. The molecule has 0 aliphatic heterocycles. The summed E-state index contributed by atoms with van der Waals surface area (Å²) >= 11 is 0. The van der Waals surface area contributed by atoms with Gasteiger partial charge >= 0.3 is 0 Å². The largest absolute Gasteiger partial charge is 0.345 e. The second-order valence-electron chi connectivity index (χ2n) is 6.41. The molecule has 6 heteroatoms. The van der Waals surface area contributed by atoms with Crippen molar-refractivity contribution in [3.63, 3.8) is 0 Å². The Kier molecular flexibility index (Phi) is 8.17. The molecule has 0 spiro atoms. The third-order valence-corrected chi connectivity index (χ3v) is 3.44. The van der Waals surface area contributed by atoms with Crippen LogP contribution in [0, 0.1) is 17.8 Å². The first-order valence-corrected chi connectivity index (χ1v) is 7.43. The van der Waals surface area contributed by atoms with E-state index in [4.69, 9.17) is 5.73 Å². The summed E-state index contributed by atoms with van der Waals surface area (Å²) < 4.78 is 0. The third kappa shape index (κ3) is 6.25. The van der Waals surface area contributed by atoms with Gasteiger partial charge < -0.3 is 21.2 Å². The quantitative estimate of drug-likeness (QED) is 0.566. The molecule has 0 aromatic rings. The van der Waals surface area contributed by atoms with Gasteiger partial charge in [0.2, 0.25) is 11.8 Å². The number of carbonyl (C=O) groups is 3. The van der Waals surface area contributed by atoms with E-state index in [0.717, 1.165) is 0 Å². The van der Waals surface area contributed by atoms with Crippen LogP contribution in [-0.4, -0.2) is 36.2 Å². The van der Waals surface area contributed by atoms with Crippen LogP contribution < -0.4 is 16.4 Å². The van der Waals surface area contributed by atoms with Crippen molar-refractivity contribution < 1.29 is 14.4 Å². The van der Waals surface area contributed by atoms with Gasteiger partial charge in [0.15, 0.2) is 0 Å². The van der Waals surface area contributed by atoms with E-state index < -0.39 is 18.1 Å². The number of amides is 2. The van der Waals surface area contributed by atoms with E-state index in [1.165, 1.54) is 0 Å². The molecule has 4 N–H and O–H groups in total. The standard InChI is InChI=1S/C15H29N3O3/c1-8(2)11(7-19)17-15(21)13(10(5)6)18-14(20)12(16)9(3)4/h7-13H,16H2,1-6H3,(H,17,21)(H,18,20)/t11-,12+,13+/m1/s1. The van der Waals surface area contributed by atoms with Crippen molar-refractivity contribution >= 4 is 18.1 Å². The third-order valence-electron chi connectivity index (χ3n) is 3.44. The first-order valence-electron chi connectivity index (χ1n) is 7.43. The lowest BCUT2D eigenvalue weighted by Crippen LogP contribution is -2.56. The van der Waals surface area contributed by atoms with Crippen LogP contribution in [0.5, 0.6) is 0 Å². The molecule has 3 atom stereocenters. The highest BCUT2D eigenvalue weighted by Crippen LogP contribution is 2.06. The molecule has 0 unspecified atom stereocenters. The molecule has 0 aliphatic rings. The van der Waals surface area contributed by atoms with Crippen LogP contribution >= 0.6 is 0 Å². The smallest absolute Gasteiger partial charge is 0.243 e. The van der Waals surface area contributed by atoms with Gasteiger partial charge in [-0.1, -0.05) is 41.5 Å². The second kappa shape index (κ2) is 8.77. The minimum absolute atomic E-state index is 0.00659. The Bertz CT molecular complexity index is 367. The molecule has 0 aromatic heterocycles. The number of hydrogen-bond donors (Lipinski definition) is 3. The SMILES string of the molecule is CC(C)[C@H](N)C(=O)N[C@H](C(=O)N[C@H](C=O)C(C)C)C(C)C. The summed E-state index contributed by atoms with van der Waals surface area (Å²) in [6, 6.07) is -1.93. The van der Waals surface area contributed by atoms with Gasteiger partial charge in [0.05, 0.1) is 12.1 Å². The van der Waals surface area contributed by atoms with Crippen LogP contribution in [0.2, 0.25) is 0 Å². The van der Waals surface area contributed by atoms with E-state index in [2.05, 4.69) is 10.6 Å². The van der Waals surface area contributed by atoms with Crippen molar-refractivity contribution in [2.24, 2.45) is 23.5 Å². The molecule has 0 bridgehead atoms. The highest BCUT2D eigenvalue weighted by molar-refractivity contribution is 5.91. The monoisotopic (exact) mass is 299 g/mol. The minimum Gasteiger partial charge on any atom is -0.345 e. The van der Waals surface area contributed by atoms with E-state index >= 15 is 0 Å². The van der Waals surface area contributed by atoms with Gasteiger partial charge in [-0.25, -0.2) is 0 Å². The molecule has 2 amide bonds. The summed E-state index contributed by atoms with van der Waals surface area (Å²) in [5.74, 6) is -0.842. The molecule has 0 saturated carbocycles. The van der Waals surface area contributed by atoms with Crippen LogP contribution in [0.1, 0.15) is 41.5 Å². The zero-order valence-corrected chi connectivity index (χ0v) is 13.8. The number of nitrogens with two attached hydrogens (primary N) is 1. The van der Waals surface area contributed by atoms with E-state index in [-0.39, 0.29) is 29.6 Å². The van der Waals surface area contributed by atoms with Gasteiger partial charge in [-0.05, 0) is 17.8 Å². The number of hydrogen-bond acceptors (Lipinski definition) is 4. The maximum Gasteiger partial charge on any atom is 0.243 e. The van der Waals surface area contributed by atoms with Crippen molar-refractivity contribution in [3.05, 3.63) is 0 Å². The van der Waals surface area contributed by atoms with Crippen molar-refractivity contribution in [1.82, 2.24) is 10.6 Å². The Morgan fingerprint density at radius 2 is 1.38 bits per heavy atom. The molecule has 0 saturated heterocycles. The zero-order valence-electron chi connectivity index (χ0n) is 13.8. The highest BCUT2D eigenvalue weighted by Gasteiger charge is 2.29. The molecule has 0 aromatic carbocycles. The molecule has 0 heterocycles. The molecule has 21 heavy (non-hydrogen) atoms. The van der Waals surface area contributed by atoms with Gasteiger partial charge in [-0.15, -0.1) is 0 Å². The van der Waals surface area contributed by atoms with Gasteiger partial charge in [-0.3, -0.25) is 9.59 Å². The summed E-state index contributed by atoms with van der Waals surface area (Å²) in [7, 11) is 0. The summed E-state index contributed by atoms with van der Waals surface area (Å²) in [4.78, 5) is 35.2. The lowest BCUT2D eigenvalue weighted by atomic mass is 9.99. The molecule has 6 nitrogen and oxygen atoms in total. The second-order valence-corrected chi connectivity index (χ2v) is 6.41. The fourth-order valence-corrected chi connectivity index (χ4v) is 1.70. The summed E-state index contributed by atoms with van der Waals surface area (Å²) in [5, 5.41) is 5.33. The summed E-state index contributed by atoms with van der Waals surface area (Å²) in [6.45, 7) is 11.0. The fraction of sp³-hybridized carbons (Fsp3) is 0.800. The fourth-order valence-electron chi connectivity index (χ4n) is 1.70. The van der Waals surface area contributed by atoms with Gasteiger partial charge in [0.25, 0.3) is 0 Å². The Morgan fingerprint density at radius 3 is 1.71 bits per heavy atom. The summed E-state index contributed by atoms with van der Waals surface area (Å²) in [6.07, 6.45) is 0.710. The highest BCUT2D eigenvalue weighted by atomic mass is 16.2. The van der Waals surface area contributed by atoms with E-state index in [0.29, 0.717) is 6.29 Å². The van der Waals surface area contributed by atoms with E-state index in [1.807, 2.05) is 41.5 Å². The predicted octanol–water partition coefficient (Wildman–Crippen LogP) is 0.450. The lowest BCUT2D eigenvalue weighted by molar-refractivity contribution is -0.132. The average molecular weight is 299 g/mol. The molecule has 0 fully saturated rings. The molecule has 0 rings (SSSR count). The van der Waals surface area contributed by atoms with E-state index in [1.54, 1.807) is 0 Å². The first kappa shape index (κ1) is 19.6.